The molecule has 1 aliphatic rings. The Labute approximate surface area is 248 Å². The average Bonchev–Trinajstić information content (AvgIpc) is 3.61. The second kappa shape index (κ2) is 11.5. The number of halogens is 1. The number of carbonyl (C=O) groups excluding carboxylic acids is 1. The number of aromatic carboxylic acids is 1. The van der Waals surface area contributed by atoms with Gasteiger partial charge in [-0.05, 0) is 42.8 Å². The molecule has 1 atom stereocenters. The van der Waals surface area contributed by atoms with Crippen LogP contribution in [0.5, 0.6) is 0 Å². The molecule has 0 amide bonds. The van der Waals surface area contributed by atoms with Crippen LogP contribution in [-0.4, -0.2) is 28.2 Å². The third kappa shape index (κ3) is 5.24. The molecule has 0 unspecified atom stereocenters. The van der Waals surface area contributed by atoms with Crippen molar-refractivity contribution in [2.45, 2.75) is 13.0 Å². The van der Waals surface area contributed by atoms with E-state index >= 15 is 0 Å². The Kier molecular flexibility index (Phi) is 7.43. The number of carbonyl (C=O) groups is 2. The maximum Gasteiger partial charge on any atom is 0.338 e. The predicted octanol–water partition coefficient (Wildman–Crippen LogP) is 5.03. The third-order valence-electron chi connectivity index (χ3n) is 6.88. The highest BCUT2D eigenvalue weighted by atomic mass is 32.1. The molecule has 0 saturated carbocycles. The van der Waals surface area contributed by atoms with Crippen LogP contribution in [0, 0.1) is 5.82 Å². The number of hydrogen-bond acceptors (Lipinski definition) is 7. The molecule has 1 aliphatic heterocycles. The Morgan fingerprint density at radius 3 is 2.47 bits per heavy atom. The van der Waals surface area contributed by atoms with Crippen molar-refractivity contribution in [1.82, 2.24) is 4.57 Å². The molecule has 1 N–H and O–H groups in total. The molecular weight excluding hydrogens is 571 g/mol. The lowest BCUT2D eigenvalue weighted by atomic mass is 9.93. The van der Waals surface area contributed by atoms with E-state index in [0.717, 1.165) is 11.3 Å². The van der Waals surface area contributed by atoms with Crippen LogP contribution in [0.4, 0.5) is 4.39 Å². The number of hydrogen-bond donors (Lipinski definition) is 1. The zero-order chi connectivity index (χ0) is 30.1. The summed E-state index contributed by atoms with van der Waals surface area (Å²) < 4.78 is 27.0. The van der Waals surface area contributed by atoms with Crippen LogP contribution in [0.1, 0.15) is 40.2 Å². The van der Waals surface area contributed by atoms with Crippen LogP contribution in [-0.2, 0) is 9.53 Å². The molecule has 6 rings (SSSR count). The Bertz CT molecular complexity index is 2070. The van der Waals surface area contributed by atoms with E-state index in [-0.39, 0.29) is 22.3 Å². The van der Waals surface area contributed by atoms with Gasteiger partial charge in [0, 0.05) is 17.2 Å². The first-order valence-corrected chi connectivity index (χ1v) is 14.1. The summed E-state index contributed by atoms with van der Waals surface area (Å²) in [7, 11) is 0. The first kappa shape index (κ1) is 27.8. The molecule has 0 saturated heterocycles. The van der Waals surface area contributed by atoms with Crippen molar-refractivity contribution >= 4 is 35.0 Å². The van der Waals surface area contributed by atoms with Crippen LogP contribution >= 0.6 is 11.3 Å². The number of furan rings is 1. The van der Waals surface area contributed by atoms with E-state index < -0.39 is 29.4 Å². The summed E-state index contributed by atoms with van der Waals surface area (Å²) >= 11 is 1.11. The summed E-state index contributed by atoms with van der Waals surface area (Å²) in [5.41, 5.74) is 1.72. The van der Waals surface area contributed by atoms with Gasteiger partial charge in [-0.2, -0.15) is 0 Å². The molecule has 3 aromatic carbocycles. The highest BCUT2D eigenvalue weighted by Crippen LogP contribution is 2.35. The number of rotatable bonds is 7. The van der Waals surface area contributed by atoms with Gasteiger partial charge in [0.2, 0.25) is 0 Å². The molecule has 8 nitrogen and oxygen atoms in total. The minimum atomic E-state index is -1.09. The molecule has 0 aliphatic carbocycles. The van der Waals surface area contributed by atoms with Crippen LogP contribution in [0.25, 0.3) is 23.1 Å². The third-order valence-corrected chi connectivity index (χ3v) is 7.87. The van der Waals surface area contributed by atoms with Gasteiger partial charge in [0.15, 0.2) is 4.80 Å². The smallest absolute Gasteiger partial charge is 0.338 e. The first-order chi connectivity index (χ1) is 20.9. The second-order valence-corrected chi connectivity index (χ2v) is 10.5. The van der Waals surface area contributed by atoms with E-state index in [2.05, 4.69) is 0 Å². The van der Waals surface area contributed by atoms with Crippen LogP contribution < -0.4 is 14.9 Å². The average molecular weight is 595 g/mol. The Balaban J connectivity index is 1.55. The summed E-state index contributed by atoms with van der Waals surface area (Å²) in [5, 5.41) is 9.57. The molecule has 214 valence electrons. The molecular formula is C33H23FN2O6S. The van der Waals surface area contributed by atoms with Crippen molar-refractivity contribution in [1.29, 1.82) is 0 Å². The largest absolute Gasteiger partial charge is 0.478 e. The number of benzene rings is 3. The monoisotopic (exact) mass is 594 g/mol. The van der Waals surface area contributed by atoms with Crippen LogP contribution in [0.2, 0.25) is 0 Å². The Morgan fingerprint density at radius 2 is 1.74 bits per heavy atom. The number of fused-ring (bicyclic) bond motifs is 1. The number of esters is 1. The molecule has 0 spiro atoms. The molecule has 5 aromatic rings. The maximum atomic E-state index is 14.0. The lowest BCUT2D eigenvalue weighted by molar-refractivity contribution is -0.138. The van der Waals surface area contributed by atoms with E-state index in [4.69, 9.17) is 14.1 Å². The van der Waals surface area contributed by atoms with Crippen LogP contribution in [0.15, 0.2) is 111 Å². The fraction of sp³-hybridized carbons (Fsp3) is 0.0909. The fourth-order valence-corrected chi connectivity index (χ4v) is 5.97. The SMILES string of the molecule is CCOC(=O)C1=C(c2ccccc2)N=c2s/c(=C\c3ccc(-c4ccccc4C(=O)O)o3)c(=O)n2[C@H]1c1ccc(F)cc1. The van der Waals surface area contributed by atoms with E-state index in [0.29, 0.717) is 38.7 Å². The van der Waals surface area contributed by atoms with Crippen molar-refractivity contribution in [3.05, 3.63) is 145 Å². The lowest BCUT2D eigenvalue weighted by Gasteiger charge is -2.25. The number of carboxylic acid groups (broad SMARTS) is 1. The van der Waals surface area contributed by atoms with Crippen molar-refractivity contribution in [3.8, 4) is 11.3 Å². The number of ether oxygens (including phenoxy) is 1. The summed E-state index contributed by atoms with van der Waals surface area (Å²) in [6.45, 7) is 1.80. The van der Waals surface area contributed by atoms with Gasteiger partial charge in [-0.3, -0.25) is 9.36 Å². The topological polar surface area (TPSA) is 111 Å². The molecule has 10 heteroatoms. The van der Waals surface area contributed by atoms with Gasteiger partial charge in [-0.1, -0.05) is 72.0 Å². The molecule has 0 bridgehead atoms. The van der Waals surface area contributed by atoms with Crippen molar-refractivity contribution in [3.63, 3.8) is 0 Å². The van der Waals surface area contributed by atoms with Gasteiger partial charge < -0.3 is 14.3 Å². The number of aromatic nitrogens is 1. The first-order valence-electron chi connectivity index (χ1n) is 13.3. The molecule has 0 radical (unpaired) electrons. The summed E-state index contributed by atoms with van der Waals surface area (Å²) in [6.07, 6.45) is 1.55. The summed E-state index contributed by atoms with van der Waals surface area (Å²) in [6, 6.07) is 23.5. The van der Waals surface area contributed by atoms with E-state index in [1.807, 2.05) is 30.3 Å². The molecule has 0 fully saturated rings. The van der Waals surface area contributed by atoms with Gasteiger partial charge in [-0.15, -0.1) is 0 Å². The van der Waals surface area contributed by atoms with Crippen molar-refractivity contribution in [2.75, 3.05) is 6.61 Å². The number of nitrogens with zero attached hydrogens (tertiary/aromatic N) is 2. The van der Waals surface area contributed by atoms with E-state index in [1.54, 1.807) is 43.3 Å². The highest BCUT2D eigenvalue weighted by Gasteiger charge is 2.35. The zero-order valence-electron chi connectivity index (χ0n) is 22.7. The van der Waals surface area contributed by atoms with Gasteiger partial charge in [0.1, 0.15) is 17.3 Å². The number of carboxylic acids is 1. The van der Waals surface area contributed by atoms with Crippen molar-refractivity contribution < 1.29 is 28.2 Å². The Hall–Kier alpha value is -5.35. The van der Waals surface area contributed by atoms with Crippen LogP contribution in [0.3, 0.4) is 0 Å². The molecule has 2 aromatic heterocycles. The molecule has 43 heavy (non-hydrogen) atoms. The summed E-state index contributed by atoms with van der Waals surface area (Å²) in [4.78, 5) is 44.3. The van der Waals surface area contributed by atoms with Gasteiger partial charge >= 0.3 is 11.9 Å². The molecule has 3 heterocycles. The lowest BCUT2D eigenvalue weighted by Crippen LogP contribution is -2.40. The summed E-state index contributed by atoms with van der Waals surface area (Å²) in [5.74, 6) is -1.53. The maximum absolute atomic E-state index is 14.0. The minimum absolute atomic E-state index is 0.0852. The van der Waals surface area contributed by atoms with E-state index in [9.17, 15) is 23.9 Å². The number of thiazole rings is 1. The normalized spacial score (nSPS) is 14.7. The quantitative estimate of drug-likeness (QED) is 0.265. The highest BCUT2D eigenvalue weighted by molar-refractivity contribution is 7.07. The Morgan fingerprint density at radius 1 is 1.02 bits per heavy atom. The predicted molar refractivity (Wildman–Crippen MR) is 159 cm³/mol. The standard InChI is InChI=1S/C33H23FN2O6S/c1-2-41-32(40)27-28(19-8-4-3-5-9-19)35-33-36(29(27)20-12-14-21(34)15-13-20)30(37)26(43-33)18-22-16-17-25(42-22)23-10-6-7-11-24(23)31(38)39/h3-18,29H,2H2,1H3,(H,38,39)/b26-18-/t29-/m0/s1. The van der Waals surface area contributed by atoms with Gasteiger partial charge in [-0.25, -0.2) is 19.0 Å². The fourth-order valence-electron chi connectivity index (χ4n) is 4.99. The zero-order valence-corrected chi connectivity index (χ0v) is 23.5. The minimum Gasteiger partial charge on any atom is -0.478 e. The second-order valence-electron chi connectivity index (χ2n) is 9.54. The van der Waals surface area contributed by atoms with E-state index in [1.165, 1.54) is 34.9 Å². The van der Waals surface area contributed by atoms with Crippen molar-refractivity contribution in [2.24, 2.45) is 4.99 Å². The van der Waals surface area contributed by atoms with Gasteiger partial charge in [0.25, 0.3) is 5.56 Å². The van der Waals surface area contributed by atoms with Gasteiger partial charge in [0.05, 0.1) is 34.0 Å².